The fourth-order valence-electron chi connectivity index (χ4n) is 2.65. The molecule has 0 aliphatic rings. The smallest absolute Gasteiger partial charge is 0.118 e. The second-order valence-corrected chi connectivity index (χ2v) is 6.03. The highest BCUT2D eigenvalue weighted by molar-refractivity contribution is 8.93. The number of fused-ring (bicyclic) bond motifs is 1. The van der Waals surface area contributed by atoms with Crippen LogP contribution in [0.5, 0.6) is 5.75 Å². The van der Waals surface area contributed by atoms with E-state index in [0.717, 1.165) is 46.7 Å². The monoisotopic (exact) mass is 401 g/mol. The average Bonchev–Trinajstić information content (AvgIpc) is 2.61. The Morgan fingerprint density at radius 1 is 1.04 bits per heavy atom. The van der Waals surface area contributed by atoms with Crippen LogP contribution in [0.4, 0.5) is 5.69 Å². The van der Waals surface area contributed by atoms with Crippen LogP contribution in [-0.4, -0.2) is 44.2 Å². The zero-order valence-corrected chi connectivity index (χ0v) is 16.5. The van der Waals surface area contributed by atoms with Crippen LogP contribution in [0.15, 0.2) is 54.6 Å². The van der Waals surface area contributed by atoms with E-state index in [1.807, 2.05) is 36.4 Å². The van der Waals surface area contributed by atoms with E-state index in [9.17, 15) is 0 Å². The number of ether oxygens (including phenoxy) is 1. The number of methoxy groups -OCH3 is 1. The van der Waals surface area contributed by atoms with E-state index in [2.05, 4.69) is 42.5 Å². The molecule has 3 aromatic rings. The third kappa shape index (κ3) is 4.71. The highest BCUT2D eigenvalue weighted by Crippen LogP contribution is 2.29. The summed E-state index contributed by atoms with van der Waals surface area (Å²) in [6, 6.07) is 18.4. The van der Waals surface area contributed by atoms with Gasteiger partial charge in [-0.3, -0.25) is 0 Å². The topological polar surface area (TPSA) is 37.4 Å². The lowest BCUT2D eigenvalue weighted by molar-refractivity contribution is 0.415. The predicted octanol–water partition coefficient (Wildman–Crippen LogP) is 4.46. The van der Waals surface area contributed by atoms with Gasteiger partial charge in [0.25, 0.3) is 0 Å². The fourth-order valence-corrected chi connectivity index (χ4v) is 2.65. The van der Waals surface area contributed by atoms with E-state index in [-0.39, 0.29) is 17.0 Å². The molecule has 0 amide bonds. The number of pyridine rings is 1. The van der Waals surface area contributed by atoms with Gasteiger partial charge in [-0.25, -0.2) is 4.98 Å². The van der Waals surface area contributed by atoms with E-state index < -0.39 is 0 Å². The van der Waals surface area contributed by atoms with E-state index in [0.29, 0.717) is 0 Å². The second-order valence-electron chi connectivity index (χ2n) is 6.03. The van der Waals surface area contributed by atoms with Crippen molar-refractivity contribution in [2.45, 2.75) is 0 Å². The predicted molar refractivity (Wildman–Crippen MR) is 111 cm³/mol. The quantitative estimate of drug-likeness (QED) is 0.661. The number of anilines is 1. The first-order valence-corrected chi connectivity index (χ1v) is 8.10. The summed E-state index contributed by atoms with van der Waals surface area (Å²) in [4.78, 5) is 6.98. The molecule has 0 saturated heterocycles. The second kappa shape index (κ2) is 8.83. The molecule has 0 fully saturated rings. The van der Waals surface area contributed by atoms with E-state index in [4.69, 9.17) is 9.72 Å². The summed E-state index contributed by atoms with van der Waals surface area (Å²) in [6.07, 6.45) is 0. The zero-order chi connectivity index (χ0) is 16.9. The van der Waals surface area contributed by atoms with Crippen molar-refractivity contribution in [3.05, 3.63) is 54.6 Å². The molecule has 0 spiro atoms. The molecule has 1 N–H and O–H groups in total. The first kappa shape index (κ1) is 19.2. The number of hydrogen-bond donors (Lipinski definition) is 1. The SMILES string of the molecule is Br.COc1ccc(-c2cc(NCCN(C)C)c3ccccc3n2)cc1. The number of nitrogens with zero attached hydrogens (tertiary/aromatic N) is 2. The largest absolute Gasteiger partial charge is 0.497 e. The Labute approximate surface area is 159 Å². The number of aromatic nitrogens is 1. The van der Waals surface area contributed by atoms with Crippen molar-refractivity contribution in [3.63, 3.8) is 0 Å². The fraction of sp³-hybridized carbons (Fsp3) is 0.250. The summed E-state index contributed by atoms with van der Waals surface area (Å²) in [5, 5.41) is 4.69. The molecule has 1 aromatic heterocycles. The maximum Gasteiger partial charge on any atom is 0.118 e. The lowest BCUT2D eigenvalue weighted by Crippen LogP contribution is -2.20. The molecule has 0 aliphatic carbocycles. The van der Waals surface area contributed by atoms with E-state index >= 15 is 0 Å². The van der Waals surface area contributed by atoms with Crippen molar-refractivity contribution < 1.29 is 4.74 Å². The molecule has 0 aliphatic heterocycles. The maximum atomic E-state index is 5.24. The van der Waals surface area contributed by atoms with Gasteiger partial charge in [0, 0.05) is 29.7 Å². The van der Waals surface area contributed by atoms with Crippen molar-refractivity contribution in [1.29, 1.82) is 0 Å². The van der Waals surface area contributed by atoms with Crippen molar-refractivity contribution in [3.8, 4) is 17.0 Å². The van der Waals surface area contributed by atoms with Crippen LogP contribution in [0.3, 0.4) is 0 Å². The van der Waals surface area contributed by atoms with Gasteiger partial charge in [-0.15, -0.1) is 17.0 Å². The molecule has 0 bridgehead atoms. The number of hydrogen-bond acceptors (Lipinski definition) is 4. The Morgan fingerprint density at radius 2 is 1.76 bits per heavy atom. The first-order valence-electron chi connectivity index (χ1n) is 8.10. The van der Waals surface area contributed by atoms with Crippen molar-refractivity contribution in [2.75, 3.05) is 39.6 Å². The normalized spacial score (nSPS) is 10.6. The minimum Gasteiger partial charge on any atom is -0.497 e. The molecular formula is C20H24BrN3O. The maximum absolute atomic E-state index is 5.24. The van der Waals surface area contributed by atoms with Gasteiger partial charge in [0.05, 0.1) is 18.3 Å². The molecule has 0 radical (unpaired) electrons. The molecule has 0 unspecified atom stereocenters. The van der Waals surface area contributed by atoms with Crippen molar-refractivity contribution >= 4 is 33.6 Å². The summed E-state index contributed by atoms with van der Waals surface area (Å²) < 4.78 is 5.24. The Balaban J connectivity index is 0.00000225. The first-order chi connectivity index (χ1) is 11.7. The Bertz CT molecular complexity index is 819. The van der Waals surface area contributed by atoms with Crippen molar-refractivity contribution in [2.24, 2.45) is 0 Å². The molecule has 3 rings (SSSR count). The Hall–Kier alpha value is -2.11. The van der Waals surface area contributed by atoms with Gasteiger partial charge >= 0.3 is 0 Å². The minimum absolute atomic E-state index is 0. The molecule has 4 nitrogen and oxygen atoms in total. The third-order valence-corrected chi connectivity index (χ3v) is 3.98. The van der Waals surface area contributed by atoms with Crippen LogP contribution in [0.2, 0.25) is 0 Å². The van der Waals surface area contributed by atoms with Crippen LogP contribution < -0.4 is 10.1 Å². The summed E-state index contributed by atoms with van der Waals surface area (Å²) >= 11 is 0. The van der Waals surface area contributed by atoms with Gasteiger partial charge in [0.2, 0.25) is 0 Å². The number of likely N-dealkylation sites (N-methyl/N-ethyl adjacent to an activating group) is 1. The van der Waals surface area contributed by atoms with Crippen LogP contribution >= 0.6 is 17.0 Å². The highest BCUT2D eigenvalue weighted by atomic mass is 79.9. The summed E-state index contributed by atoms with van der Waals surface area (Å²) in [7, 11) is 5.83. The number of para-hydroxylation sites is 1. The molecule has 5 heteroatoms. The number of benzene rings is 2. The van der Waals surface area contributed by atoms with Crippen LogP contribution in [0.25, 0.3) is 22.2 Å². The molecule has 132 valence electrons. The number of rotatable bonds is 6. The van der Waals surface area contributed by atoms with Crippen LogP contribution in [0.1, 0.15) is 0 Å². The van der Waals surface area contributed by atoms with Crippen LogP contribution in [-0.2, 0) is 0 Å². The Kier molecular flexibility index (Phi) is 6.79. The van der Waals surface area contributed by atoms with Gasteiger partial charge in [-0.1, -0.05) is 18.2 Å². The van der Waals surface area contributed by atoms with Gasteiger partial charge in [-0.05, 0) is 50.5 Å². The molecule has 1 heterocycles. The van der Waals surface area contributed by atoms with E-state index in [1.54, 1.807) is 7.11 Å². The molecule has 25 heavy (non-hydrogen) atoms. The number of nitrogens with one attached hydrogen (secondary N) is 1. The summed E-state index contributed by atoms with van der Waals surface area (Å²) in [6.45, 7) is 1.87. The Morgan fingerprint density at radius 3 is 2.44 bits per heavy atom. The molecule has 0 atom stereocenters. The van der Waals surface area contributed by atoms with Gasteiger partial charge in [-0.2, -0.15) is 0 Å². The number of halogens is 1. The zero-order valence-electron chi connectivity index (χ0n) is 14.8. The molecule has 2 aromatic carbocycles. The van der Waals surface area contributed by atoms with Gasteiger partial charge in [0.15, 0.2) is 0 Å². The van der Waals surface area contributed by atoms with Gasteiger partial charge < -0.3 is 15.0 Å². The summed E-state index contributed by atoms with van der Waals surface area (Å²) in [5.41, 5.74) is 4.16. The third-order valence-electron chi connectivity index (χ3n) is 3.98. The van der Waals surface area contributed by atoms with Crippen molar-refractivity contribution in [1.82, 2.24) is 9.88 Å². The summed E-state index contributed by atoms with van der Waals surface area (Å²) in [5.74, 6) is 0.851. The highest BCUT2D eigenvalue weighted by Gasteiger charge is 2.07. The lowest BCUT2D eigenvalue weighted by atomic mass is 10.1. The average molecular weight is 402 g/mol. The lowest BCUT2D eigenvalue weighted by Gasteiger charge is -2.14. The standard InChI is InChI=1S/C20H23N3O.BrH/c1-23(2)13-12-21-20-14-19(15-8-10-16(24-3)11-9-15)22-18-7-5-4-6-17(18)20;/h4-11,14H,12-13H2,1-3H3,(H,21,22);1H. The minimum atomic E-state index is 0. The molecular weight excluding hydrogens is 378 g/mol. The van der Waals surface area contributed by atoms with Gasteiger partial charge in [0.1, 0.15) is 5.75 Å². The van der Waals surface area contributed by atoms with Crippen LogP contribution in [0, 0.1) is 0 Å². The molecule has 0 saturated carbocycles. The van der Waals surface area contributed by atoms with E-state index in [1.165, 1.54) is 0 Å².